The number of likely N-dealkylation sites (tertiary alicyclic amines) is 1. The van der Waals surface area contributed by atoms with Gasteiger partial charge in [0.25, 0.3) is 0 Å². The SMILES string of the molecule is CCCCc1cc(NC(=O)[C@H]2CC(=O)N(Cc3ccc(OC)cc3)C2)n[nH]1. The van der Waals surface area contributed by atoms with Crippen LogP contribution in [-0.2, 0) is 22.6 Å². The average molecular weight is 370 g/mol. The lowest BCUT2D eigenvalue weighted by Crippen LogP contribution is -2.28. The number of H-pyrrole nitrogens is 1. The normalized spacial score (nSPS) is 16.6. The number of aryl methyl sites for hydroxylation is 1. The summed E-state index contributed by atoms with van der Waals surface area (Å²) in [7, 11) is 1.62. The van der Waals surface area contributed by atoms with Crippen LogP contribution in [0.25, 0.3) is 0 Å². The van der Waals surface area contributed by atoms with Crippen LogP contribution in [0.2, 0.25) is 0 Å². The molecule has 7 nitrogen and oxygen atoms in total. The number of hydrogen-bond acceptors (Lipinski definition) is 4. The number of hydrogen-bond donors (Lipinski definition) is 2. The predicted molar refractivity (Wildman–Crippen MR) is 102 cm³/mol. The Bertz CT molecular complexity index is 785. The van der Waals surface area contributed by atoms with Gasteiger partial charge in [0, 0.05) is 31.3 Å². The maximum Gasteiger partial charge on any atom is 0.230 e. The van der Waals surface area contributed by atoms with Gasteiger partial charge in [-0.25, -0.2) is 0 Å². The third-order valence-corrected chi connectivity index (χ3v) is 4.80. The molecule has 0 spiro atoms. The number of ether oxygens (including phenoxy) is 1. The number of amides is 2. The van der Waals surface area contributed by atoms with Crippen LogP contribution in [0.3, 0.4) is 0 Å². The molecule has 2 N–H and O–H groups in total. The first-order valence-electron chi connectivity index (χ1n) is 9.35. The number of carbonyl (C=O) groups is 2. The van der Waals surface area contributed by atoms with Crippen LogP contribution in [0.15, 0.2) is 30.3 Å². The van der Waals surface area contributed by atoms with Crippen LogP contribution in [0.4, 0.5) is 5.82 Å². The molecule has 1 aliphatic rings. The number of benzene rings is 1. The van der Waals surface area contributed by atoms with Gasteiger partial charge in [-0.2, -0.15) is 5.10 Å². The molecule has 0 saturated carbocycles. The highest BCUT2D eigenvalue weighted by molar-refractivity contribution is 5.96. The first-order chi connectivity index (χ1) is 13.1. The summed E-state index contributed by atoms with van der Waals surface area (Å²) in [5.41, 5.74) is 2.02. The Morgan fingerprint density at radius 2 is 2.15 bits per heavy atom. The van der Waals surface area contributed by atoms with Crippen LogP contribution in [0.1, 0.15) is 37.4 Å². The van der Waals surface area contributed by atoms with Crippen molar-refractivity contribution in [2.24, 2.45) is 5.92 Å². The van der Waals surface area contributed by atoms with E-state index in [-0.39, 0.29) is 24.2 Å². The molecular weight excluding hydrogens is 344 g/mol. The molecule has 3 rings (SSSR count). The van der Waals surface area contributed by atoms with E-state index in [2.05, 4.69) is 22.4 Å². The second-order valence-corrected chi connectivity index (χ2v) is 6.89. The molecule has 1 atom stereocenters. The largest absolute Gasteiger partial charge is 0.497 e. The van der Waals surface area contributed by atoms with E-state index >= 15 is 0 Å². The van der Waals surface area contributed by atoms with Crippen molar-refractivity contribution in [3.63, 3.8) is 0 Å². The van der Waals surface area contributed by atoms with E-state index in [1.807, 2.05) is 30.3 Å². The highest BCUT2D eigenvalue weighted by atomic mass is 16.5. The summed E-state index contributed by atoms with van der Waals surface area (Å²) in [5, 5.41) is 9.90. The number of aromatic nitrogens is 2. The third kappa shape index (κ3) is 4.87. The monoisotopic (exact) mass is 370 g/mol. The molecule has 1 fully saturated rings. The van der Waals surface area contributed by atoms with Gasteiger partial charge in [0.05, 0.1) is 13.0 Å². The minimum atomic E-state index is -0.355. The quantitative estimate of drug-likeness (QED) is 0.748. The average Bonchev–Trinajstić information content (AvgIpc) is 3.27. The van der Waals surface area contributed by atoms with Crippen LogP contribution in [0.5, 0.6) is 5.75 Å². The third-order valence-electron chi connectivity index (χ3n) is 4.80. The van der Waals surface area contributed by atoms with Gasteiger partial charge in [0.2, 0.25) is 11.8 Å². The van der Waals surface area contributed by atoms with Crippen molar-refractivity contribution in [3.05, 3.63) is 41.6 Å². The lowest BCUT2D eigenvalue weighted by molar-refractivity contribution is -0.128. The molecule has 0 unspecified atom stereocenters. The summed E-state index contributed by atoms with van der Waals surface area (Å²) in [5.74, 6) is 0.783. The molecule has 1 saturated heterocycles. The van der Waals surface area contributed by atoms with E-state index in [1.165, 1.54) is 0 Å². The summed E-state index contributed by atoms with van der Waals surface area (Å²) < 4.78 is 5.15. The van der Waals surface area contributed by atoms with Crippen LogP contribution in [0, 0.1) is 5.92 Å². The molecule has 1 aromatic heterocycles. The van der Waals surface area contributed by atoms with Gasteiger partial charge in [-0.05, 0) is 30.5 Å². The molecule has 2 amide bonds. The summed E-state index contributed by atoms with van der Waals surface area (Å²) in [6.07, 6.45) is 3.33. The molecule has 2 aromatic rings. The van der Waals surface area contributed by atoms with Gasteiger partial charge in [0.1, 0.15) is 5.75 Å². The van der Waals surface area contributed by atoms with E-state index < -0.39 is 0 Å². The number of rotatable bonds is 8. The molecule has 0 radical (unpaired) electrons. The Morgan fingerprint density at radius 3 is 2.85 bits per heavy atom. The van der Waals surface area contributed by atoms with Crippen molar-refractivity contribution >= 4 is 17.6 Å². The van der Waals surface area contributed by atoms with Crippen molar-refractivity contribution in [1.29, 1.82) is 0 Å². The number of carbonyl (C=O) groups excluding carboxylic acids is 2. The van der Waals surface area contributed by atoms with E-state index in [0.29, 0.717) is 18.9 Å². The number of unbranched alkanes of at least 4 members (excludes halogenated alkanes) is 1. The Morgan fingerprint density at radius 1 is 1.37 bits per heavy atom. The first-order valence-corrected chi connectivity index (χ1v) is 9.35. The molecule has 144 valence electrons. The van der Waals surface area contributed by atoms with Gasteiger partial charge >= 0.3 is 0 Å². The van der Waals surface area contributed by atoms with E-state index in [0.717, 1.165) is 36.3 Å². The van der Waals surface area contributed by atoms with Gasteiger partial charge in [-0.1, -0.05) is 25.5 Å². The zero-order chi connectivity index (χ0) is 19.2. The van der Waals surface area contributed by atoms with Crippen LogP contribution < -0.4 is 10.1 Å². The highest BCUT2D eigenvalue weighted by Gasteiger charge is 2.34. The van der Waals surface area contributed by atoms with Crippen molar-refractivity contribution < 1.29 is 14.3 Å². The van der Waals surface area contributed by atoms with Gasteiger partial charge < -0.3 is 15.0 Å². The lowest BCUT2D eigenvalue weighted by Gasteiger charge is -2.16. The van der Waals surface area contributed by atoms with Crippen LogP contribution in [-0.4, -0.2) is 40.6 Å². The van der Waals surface area contributed by atoms with Crippen molar-refractivity contribution in [1.82, 2.24) is 15.1 Å². The second kappa shape index (κ2) is 8.70. The fraction of sp³-hybridized carbons (Fsp3) is 0.450. The Balaban J connectivity index is 1.54. The number of methoxy groups -OCH3 is 1. The molecule has 1 aliphatic heterocycles. The maximum atomic E-state index is 12.5. The van der Waals surface area contributed by atoms with Crippen molar-refractivity contribution in [3.8, 4) is 5.75 Å². The molecule has 2 heterocycles. The summed E-state index contributed by atoms with van der Waals surface area (Å²) in [4.78, 5) is 26.5. The van der Waals surface area contributed by atoms with E-state index in [1.54, 1.807) is 12.0 Å². The zero-order valence-corrected chi connectivity index (χ0v) is 15.8. The number of aromatic amines is 1. The number of nitrogens with one attached hydrogen (secondary N) is 2. The fourth-order valence-electron chi connectivity index (χ4n) is 3.20. The number of anilines is 1. The second-order valence-electron chi connectivity index (χ2n) is 6.89. The minimum Gasteiger partial charge on any atom is -0.497 e. The molecule has 0 bridgehead atoms. The minimum absolute atomic E-state index is 0.00312. The van der Waals surface area contributed by atoms with Gasteiger partial charge in [-0.3, -0.25) is 14.7 Å². The zero-order valence-electron chi connectivity index (χ0n) is 15.8. The van der Waals surface area contributed by atoms with E-state index in [9.17, 15) is 9.59 Å². The van der Waals surface area contributed by atoms with Gasteiger partial charge in [-0.15, -0.1) is 0 Å². The summed E-state index contributed by atoms with van der Waals surface area (Å²) >= 11 is 0. The Kier molecular flexibility index (Phi) is 6.11. The maximum absolute atomic E-state index is 12.5. The van der Waals surface area contributed by atoms with Crippen molar-refractivity contribution in [2.75, 3.05) is 19.0 Å². The molecule has 27 heavy (non-hydrogen) atoms. The molecule has 1 aromatic carbocycles. The first kappa shape index (κ1) is 18.9. The molecule has 0 aliphatic carbocycles. The van der Waals surface area contributed by atoms with Crippen LogP contribution >= 0.6 is 0 Å². The van der Waals surface area contributed by atoms with Gasteiger partial charge in [0.15, 0.2) is 5.82 Å². The van der Waals surface area contributed by atoms with Crippen molar-refractivity contribution in [2.45, 2.75) is 39.2 Å². The topological polar surface area (TPSA) is 87.3 Å². The Hall–Kier alpha value is -2.83. The lowest BCUT2D eigenvalue weighted by atomic mass is 10.1. The number of nitrogens with zero attached hydrogens (tertiary/aromatic N) is 2. The summed E-state index contributed by atoms with van der Waals surface area (Å²) in [6, 6.07) is 9.46. The highest BCUT2D eigenvalue weighted by Crippen LogP contribution is 2.22. The summed E-state index contributed by atoms with van der Waals surface area (Å²) in [6.45, 7) is 3.05. The Labute approximate surface area is 159 Å². The standard InChI is InChI=1S/C20H26N4O3/c1-3-4-5-16-11-18(23-22-16)21-20(26)15-10-19(25)24(13-15)12-14-6-8-17(27-2)9-7-14/h6-9,11,15H,3-5,10,12-13H2,1-2H3,(H2,21,22,23,26)/t15-/m0/s1. The predicted octanol–water partition coefficient (Wildman–Crippen LogP) is 2.75. The fourth-order valence-corrected chi connectivity index (χ4v) is 3.20. The molecular formula is C20H26N4O3. The molecule has 7 heteroatoms. The smallest absolute Gasteiger partial charge is 0.230 e. The van der Waals surface area contributed by atoms with E-state index in [4.69, 9.17) is 4.74 Å².